The molecule has 1 heterocycles. The predicted octanol–water partition coefficient (Wildman–Crippen LogP) is 4.11. The van der Waals surface area contributed by atoms with Crippen LogP contribution >= 0.6 is 28.1 Å². The summed E-state index contributed by atoms with van der Waals surface area (Å²) in [4.78, 5) is 14.2. The fourth-order valence-corrected chi connectivity index (χ4v) is 2.96. The zero-order valence-electron chi connectivity index (χ0n) is 13.0. The highest BCUT2D eigenvalue weighted by Crippen LogP contribution is 2.26. The van der Waals surface area contributed by atoms with Crippen LogP contribution in [0, 0.1) is 0 Å². The Labute approximate surface area is 154 Å². The van der Waals surface area contributed by atoms with Crippen LogP contribution in [0.4, 0.5) is 5.69 Å². The van der Waals surface area contributed by atoms with Crippen LogP contribution < -0.4 is 15.0 Å². The molecule has 0 unspecified atom stereocenters. The second-order valence-corrected chi connectivity index (χ2v) is 6.38. The first-order valence-corrected chi connectivity index (χ1v) is 8.65. The van der Waals surface area contributed by atoms with Crippen LogP contribution in [0.5, 0.6) is 5.75 Å². The van der Waals surface area contributed by atoms with Crippen molar-refractivity contribution in [2.75, 3.05) is 11.5 Å². The Hall–Kier alpha value is -2.18. The van der Waals surface area contributed by atoms with Crippen molar-refractivity contribution in [1.82, 2.24) is 5.32 Å². The van der Waals surface area contributed by atoms with Gasteiger partial charge in [-0.25, -0.2) is 0 Å². The highest BCUT2D eigenvalue weighted by molar-refractivity contribution is 9.10. The van der Waals surface area contributed by atoms with Crippen molar-refractivity contribution in [2.24, 2.45) is 0 Å². The lowest BCUT2D eigenvalue weighted by molar-refractivity contribution is -0.113. The number of benzene rings is 2. The summed E-state index contributed by atoms with van der Waals surface area (Å²) >= 11 is 8.71. The van der Waals surface area contributed by atoms with E-state index in [-0.39, 0.29) is 5.91 Å². The molecular weight excluding hydrogens is 388 g/mol. The highest BCUT2D eigenvalue weighted by Gasteiger charge is 2.32. The van der Waals surface area contributed by atoms with Gasteiger partial charge in [0.05, 0.1) is 12.3 Å². The number of halogens is 1. The van der Waals surface area contributed by atoms with Gasteiger partial charge in [0.15, 0.2) is 5.11 Å². The summed E-state index contributed by atoms with van der Waals surface area (Å²) in [5.74, 6) is 0.545. The van der Waals surface area contributed by atoms with Crippen molar-refractivity contribution in [3.63, 3.8) is 0 Å². The van der Waals surface area contributed by atoms with Crippen molar-refractivity contribution in [2.45, 2.75) is 6.92 Å². The van der Waals surface area contributed by atoms with Crippen molar-refractivity contribution >= 4 is 50.9 Å². The van der Waals surface area contributed by atoms with E-state index in [1.807, 2.05) is 55.5 Å². The molecule has 0 aromatic heterocycles. The molecular formula is C18H15BrN2O2S. The number of anilines is 1. The number of carbonyl (C=O) groups is 1. The number of amides is 1. The van der Waals surface area contributed by atoms with Gasteiger partial charge in [0.2, 0.25) is 0 Å². The number of nitrogens with zero attached hydrogens (tertiary/aromatic N) is 1. The maximum absolute atomic E-state index is 12.7. The summed E-state index contributed by atoms with van der Waals surface area (Å²) in [5, 5.41) is 3.35. The third kappa shape index (κ3) is 3.34. The summed E-state index contributed by atoms with van der Waals surface area (Å²) in [6.45, 7) is 2.48. The molecule has 1 saturated heterocycles. The topological polar surface area (TPSA) is 41.6 Å². The van der Waals surface area contributed by atoms with Crippen LogP contribution in [0.25, 0.3) is 6.08 Å². The van der Waals surface area contributed by atoms with E-state index >= 15 is 0 Å². The van der Waals surface area contributed by atoms with Gasteiger partial charge < -0.3 is 10.1 Å². The number of rotatable bonds is 4. The lowest BCUT2D eigenvalue weighted by Crippen LogP contribution is -2.30. The SMILES string of the molecule is CCOc1ccccc1/C=C1\NC(=S)N(c2ccc(Br)cc2)C1=O. The Bertz CT molecular complexity index is 818. The van der Waals surface area contributed by atoms with Gasteiger partial charge in [-0.3, -0.25) is 9.69 Å². The van der Waals surface area contributed by atoms with E-state index in [0.717, 1.165) is 21.5 Å². The number of para-hydroxylation sites is 1. The molecule has 1 fully saturated rings. The van der Waals surface area contributed by atoms with Crippen LogP contribution in [0.15, 0.2) is 58.7 Å². The number of hydrogen-bond acceptors (Lipinski definition) is 3. The average Bonchev–Trinajstić information content (AvgIpc) is 2.85. The van der Waals surface area contributed by atoms with Crippen LogP contribution in [-0.2, 0) is 4.79 Å². The highest BCUT2D eigenvalue weighted by atomic mass is 79.9. The molecule has 0 radical (unpaired) electrons. The smallest absolute Gasteiger partial charge is 0.281 e. The lowest BCUT2D eigenvalue weighted by atomic mass is 10.1. The maximum atomic E-state index is 12.7. The van der Waals surface area contributed by atoms with Gasteiger partial charge in [0.25, 0.3) is 5.91 Å². The molecule has 1 amide bonds. The summed E-state index contributed by atoms with van der Waals surface area (Å²) < 4.78 is 6.54. The summed E-state index contributed by atoms with van der Waals surface area (Å²) in [5.41, 5.74) is 1.98. The van der Waals surface area contributed by atoms with Gasteiger partial charge in [-0.15, -0.1) is 0 Å². The fraction of sp³-hybridized carbons (Fsp3) is 0.111. The average molecular weight is 403 g/mol. The second-order valence-electron chi connectivity index (χ2n) is 5.08. The molecule has 1 aliphatic heterocycles. The molecule has 4 nitrogen and oxygen atoms in total. The van der Waals surface area contributed by atoms with E-state index in [2.05, 4.69) is 21.2 Å². The zero-order valence-corrected chi connectivity index (χ0v) is 15.4. The molecule has 6 heteroatoms. The van der Waals surface area contributed by atoms with Crippen LogP contribution in [0.3, 0.4) is 0 Å². The molecule has 2 aromatic rings. The third-order valence-corrected chi connectivity index (χ3v) is 4.30. The summed E-state index contributed by atoms with van der Waals surface area (Å²) in [6, 6.07) is 15.0. The van der Waals surface area contributed by atoms with Gasteiger partial charge in [0, 0.05) is 10.0 Å². The molecule has 0 bridgehead atoms. The first-order chi connectivity index (χ1) is 11.6. The van der Waals surface area contributed by atoms with Gasteiger partial charge in [-0.1, -0.05) is 34.1 Å². The Morgan fingerprint density at radius 1 is 1.21 bits per heavy atom. The first-order valence-electron chi connectivity index (χ1n) is 7.44. The Kier molecular flexibility index (Phi) is 4.97. The minimum Gasteiger partial charge on any atom is -0.493 e. The largest absolute Gasteiger partial charge is 0.493 e. The number of thiocarbonyl (C=S) groups is 1. The monoisotopic (exact) mass is 402 g/mol. The molecule has 0 aliphatic carbocycles. The fourth-order valence-electron chi connectivity index (χ4n) is 2.40. The van der Waals surface area contributed by atoms with Gasteiger partial charge >= 0.3 is 0 Å². The first kappa shape index (κ1) is 16.7. The number of nitrogens with one attached hydrogen (secondary N) is 1. The Morgan fingerprint density at radius 3 is 2.62 bits per heavy atom. The van der Waals surface area contributed by atoms with Gasteiger partial charge in [0.1, 0.15) is 11.4 Å². The molecule has 1 aliphatic rings. The third-order valence-electron chi connectivity index (χ3n) is 3.48. The van der Waals surface area contributed by atoms with Crippen LogP contribution in [0.1, 0.15) is 12.5 Å². The van der Waals surface area contributed by atoms with E-state index in [1.165, 1.54) is 4.90 Å². The number of ether oxygens (including phenoxy) is 1. The van der Waals surface area contributed by atoms with E-state index in [9.17, 15) is 4.79 Å². The van der Waals surface area contributed by atoms with Crippen LogP contribution in [0.2, 0.25) is 0 Å². The molecule has 0 saturated carbocycles. The predicted molar refractivity (Wildman–Crippen MR) is 103 cm³/mol. The van der Waals surface area contributed by atoms with Crippen molar-refractivity contribution in [1.29, 1.82) is 0 Å². The Morgan fingerprint density at radius 2 is 1.92 bits per heavy atom. The Balaban J connectivity index is 1.93. The van der Waals surface area contributed by atoms with E-state index in [4.69, 9.17) is 17.0 Å². The van der Waals surface area contributed by atoms with Gasteiger partial charge in [-0.2, -0.15) is 0 Å². The number of hydrogen-bond donors (Lipinski definition) is 1. The molecule has 3 rings (SSSR count). The van der Waals surface area contributed by atoms with Crippen molar-refractivity contribution in [3.8, 4) is 5.75 Å². The van der Waals surface area contributed by atoms with Crippen LogP contribution in [-0.4, -0.2) is 17.6 Å². The van der Waals surface area contributed by atoms with Crippen molar-refractivity contribution < 1.29 is 9.53 Å². The standard InChI is InChI=1S/C18H15BrN2O2S/c1-2-23-16-6-4-3-5-12(16)11-15-17(22)21(18(24)20-15)14-9-7-13(19)8-10-14/h3-11H,2H2,1H3,(H,20,24)/b15-11-. The quantitative estimate of drug-likeness (QED) is 0.616. The van der Waals surface area contributed by atoms with Crippen molar-refractivity contribution in [3.05, 3.63) is 64.3 Å². The summed E-state index contributed by atoms with van der Waals surface area (Å²) in [6.07, 6.45) is 1.76. The van der Waals surface area contributed by atoms with E-state index in [1.54, 1.807) is 6.08 Å². The molecule has 0 atom stereocenters. The van der Waals surface area contributed by atoms with E-state index < -0.39 is 0 Å². The molecule has 0 spiro atoms. The molecule has 1 N–H and O–H groups in total. The molecule has 122 valence electrons. The minimum atomic E-state index is -0.186. The zero-order chi connectivity index (χ0) is 17.1. The summed E-state index contributed by atoms with van der Waals surface area (Å²) in [7, 11) is 0. The second kappa shape index (κ2) is 7.15. The van der Waals surface area contributed by atoms with Gasteiger partial charge in [-0.05, 0) is 55.5 Å². The molecule has 24 heavy (non-hydrogen) atoms. The minimum absolute atomic E-state index is 0.186. The number of carbonyl (C=O) groups excluding carboxylic acids is 1. The normalized spacial score (nSPS) is 15.8. The molecule has 2 aromatic carbocycles. The van der Waals surface area contributed by atoms with E-state index in [0.29, 0.717) is 17.4 Å². The maximum Gasteiger partial charge on any atom is 0.281 e. The lowest BCUT2D eigenvalue weighted by Gasteiger charge is -2.13.